The Kier molecular flexibility index (Phi) is 8.16. The third kappa shape index (κ3) is 6.60. The predicted octanol–water partition coefficient (Wildman–Crippen LogP) is 1.19. The molecule has 1 heterocycles. The highest BCUT2D eigenvalue weighted by Crippen LogP contribution is 2.13. The molecule has 0 fully saturated rings. The normalized spacial score (nSPS) is 12.5. The van der Waals surface area contributed by atoms with Gasteiger partial charge in [-0.1, -0.05) is 6.07 Å². The summed E-state index contributed by atoms with van der Waals surface area (Å²) in [4.78, 5) is 8.25. The summed E-state index contributed by atoms with van der Waals surface area (Å²) in [7, 11) is -1.49. The maximum Gasteiger partial charge on any atom is 0.191 e. The van der Waals surface area contributed by atoms with Crippen molar-refractivity contribution in [3.8, 4) is 0 Å². The highest BCUT2D eigenvalue weighted by Gasteiger charge is 2.30. The van der Waals surface area contributed by atoms with Gasteiger partial charge in [-0.25, -0.2) is 8.42 Å². The molecule has 0 radical (unpaired) electrons. The van der Waals surface area contributed by atoms with Gasteiger partial charge in [0.05, 0.1) is 17.0 Å². The summed E-state index contributed by atoms with van der Waals surface area (Å²) in [5.74, 6) is 0.548. The van der Waals surface area contributed by atoms with E-state index in [0.29, 0.717) is 12.5 Å². The van der Waals surface area contributed by atoms with Gasteiger partial charge < -0.3 is 10.6 Å². The molecule has 0 bridgehead atoms. The maximum atomic E-state index is 11.6. The molecule has 0 aliphatic heterocycles. The van der Waals surface area contributed by atoms with Gasteiger partial charge in [0.15, 0.2) is 15.8 Å². The van der Waals surface area contributed by atoms with Gasteiger partial charge >= 0.3 is 0 Å². The van der Waals surface area contributed by atoms with Crippen LogP contribution in [0.5, 0.6) is 0 Å². The number of pyridine rings is 1. The van der Waals surface area contributed by atoms with Crippen LogP contribution in [0.15, 0.2) is 29.4 Å². The van der Waals surface area contributed by atoms with Crippen LogP contribution >= 0.6 is 24.0 Å². The molecule has 0 aliphatic carbocycles. The second-order valence-electron chi connectivity index (χ2n) is 5.13. The highest BCUT2D eigenvalue weighted by atomic mass is 127. The van der Waals surface area contributed by atoms with Crippen LogP contribution in [0.3, 0.4) is 0 Å². The van der Waals surface area contributed by atoms with Gasteiger partial charge in [0.25, 0.3) is 0 Å². The van der Waals surface area contributed by atoms with Crippen LogP contribution in [0.1, 0.15) is 19.5 Å². The second-order valence-corrected chi connectivity index (χ2v) is 7.78. The first-order chi connectivity index (χ1) is 9.26. The van der Waals surface area contributed by atoms with E-state index < -0.39 is 14.6 Å². The standard InChI is InChI=1S/C13H22N4O2S.HI/c1-13(2,20(4,18)19)10-17-12(14-3)16-9-11-7-5-6-8-15-11;/h5-8H,9-10H2,1-4H3,(H2,14,16,17);1H. The fourth-order valence-corrected chi connectivity index (χ4v) is 1.66. The van der Waals surface area contributed by atoms with Gasteiger partial charge in [-0.05, 0) is 26.0 Å². The molecule has 2 N–H and O–H groups in total. The average Bonchev–Trinajstić information content (AvgIpc) is 2.39. The molecule has 120 valence electrons. The molecule has 0 saturated carbocycles. The highest BCUT2D eigenvalue weighted by molar-refractivity contribution is 14.0. The van der Waals surface area contributed by atoms with E-state index in [9.17, 15) is 8.42 Å². The number of hydrogen-bond donors (Lipinski definition) is 2. The smallest absolute Gasteiger partial charge is 0.191 e. The first kappa shape index (κ1) is 20.1. The number of rotatable bonds is 5. The first-order valence-electron chi connectivity index (χ1n) is 6.30. The number of nitrogens with one attached hydrogen (secondary N) is 2. The predicted molar refractivity (Wildman–Crippen MR) is 96.8 cm³/mol. The molecule has 0 aliphatic rings. The quantitative estimate of drug-likeness (QED) is 0.420. The monoisotopic (exact) mass is 426 g/mol. The number of nitrogens with zero attached hydrogens (tertiary/aromatic N) is 2. The van der Waals surface area contributed by atoms with Crippen molar-refractivity contribution in [3.63, 3.8) is 0 Å². The summed E-state index contributed by atoms with van der Waals surface area (Å²) in [6.45, 7) is 4.18. The Labute approximate surface area is 143 Å². The summed E-state index contributed by atoms with van der Waals surface area (Å²) < 4.78 is 22.4. The molecule has 0 spiro atoms. The lowest BCUT2D eigenvalue weighted by Gasteiger charge is -2.24. The molecule has 21 heavy (non-hydrogen) atoms. The second kappa shape index (κ2) is 8.52. The zero-order valence-electron chi connectivity index (χ0n) is 12.8. The number of halogens is 1. The largest absolute Gasteiger partial charge is 0.355 e. The summed E-state index contributed by atoms with van der Waals surface area (Å²) >= 11 is 0. The third-order valence-electron chi connectivity index (χ3n) is 3.07. The Morgan fingerprint density at radius 2 is 2.00 bits per heavy atom. The lowest BCUT2D eigenvalue weighted by Crippen LogP contribution is -2.47. The molecule has 0 saturated heterocycles. The molecular weight excluding hydrogens is 403 g/mol. The van der Waals surface area contributed by atoms with Gasteiger partial charge in [-0.3, -0.25) is 9.98 Å². The van der Waals surface area contributed by atoms with Crippen molar-refractivity contribution in [1.29, 1.82) is 0 Å². The van der Waals surface area contributed by atoms with Gasteiger partial charge in [0.1, 0.15) is 0 Å². The van der Waals surface area contributed by atoms with Crippen molar-refractivity contribution in [1.82, 2.24) is 15.6 Å². The van der Waals surface area contributed by atoms with Crippen LogP contribution in [0.25, 0.3) is 0 Å². The average molecular weight is 426 g/mol. The Bertz CT molecular complexity index is 559. The fraction of sp³-hybridized carbons (Fsp3) is 0.538. The van der Waals surface area contributed by atoms with Crippen LogP contribution in [0.2, 0.25) is 0 Å². The molecule has 0 aromatic carbocycles. The van der Waals surface area contributed by atoms with E-state index >= 15 is 0 Å². The molecule has 1 aromatic heterocycles. The van der Waals surface area contributed by atoms with Crippen molar-refractivity contribution in [2.75, 3.05) is 19.8 Å². The van der Waals surface area contributed by atoms with Crippen molar-refractivity contribution in [3.05, 3.63) is 30.1 Å². The molecule has 6 nitrogen and oxygen atoms in total. The van der Waals surface area contributed by atoms with E-state index in [1.165, 1.54) is 6.26 Å². The number of aromatic nitrogens is 1. The minimum absolute atomic E-state index is 0. The first-order valence-corrected chi connectivity index (χ1v) is 8.19. The number of sulfone groups is 1. The summed E-state index contributed by atoms with van der Waals surface area (Å²) in [5, 5.41) is 6.11. The minimum Gasteiger partial charge on any atom is -0.355 e. The van der Waals surface area contributed by atoms with Gasteiger partial charge in [0, 0.05) is 26.0 Å². The Morgan fingerprint density at radius 3 is 2.48 bits per heavy atom. The number of aliphatic imine (C=N–C) groups is 1. The zero-order valence-corrected chi connectivity index (χ0v) is 15.9. The van der Waals surface area contributed by atoms with Crippen molar-refractivity contribution >= 4 is 39.8 Å². The summed E-state index contributed by atoms with van der Waals surface area (Å²) in [6.07, 6.45) is 2.96. The van der Waals surface area contributed by atoms with Crippen LogP contribution in [-0.2, 0) is 16.4 Å². The SMILES string of the molecule is CN=C(NCc1ccccn1)NCC(C)(C)S(C)(=O)=O.I. The number of hydrogen-bond acceptors (Lipinski definition) is 4. The maximum absolute atomic E-state index is 11.6. The molecule has 0 amide bonds. The lowest BCUT2D eigenvalue weighted by atomic mass is 10.2. The summed E-state index contributed by atoms with van der Waals surface area (Å²) in [6, 6.07) is 5.67. The van der Waals surface area contributed by atoms with Crippen molar-refractivity contribution in [2.45, 2.75) is 25.1 Å². The molecule has 0 unspecified atom stereocenters. The van der Waals surface area contributed by atoms with Gasteiger partial charge in [0.2, 0.25) is 0 Å². The topological polar surface area (TPSA) is 83.4 Å². The summed E-state index contributed by atoms with van der Waals surface area (Å²) in [5.41, 5.74) is 0.887. The van der Waals surface area contributed by atoms with E-state index in [1.807, 2.05) is 18.2 Å². The Balaban J connectivity index is 0.00000400. The van der Waals surface area contributed by atoms with Crippen molar-refractivity contribution in [2.24, 2.45) is 4.99 Å². The minimum atomic E-state index is -3.13. The third-order valence-corrected chi connectivity index (χ3v) is 5.22. The lowest BCUT2D eigenvalue weighted by molar-refractivity contribution is 0.544. The van der Waals surface area contributed by atoms with Crippen molar-refractivity contribution < 1.29 is 8.42 Å². The van der Waals surface area contributed by atoms with E-state index in [4.69, 9.17) is 0 Å². The van der Waals surface area contributed by atoms with E-state index in [2.05, 4.69) is 20.6 Å². The molecular formula is C13H23IN4O2S. The van der Waals surface area contributed by atoms with Crippen LogP contribution < -0.4 is 10.6 Å². The fourth-order valence-electron chi connectivity index (χ4n) is 1.33. The van der Waals surface area contributed by atoms with Crippen LogP contribution in [-0.4, -0.2) is 44.0 Å². The zero-order chi connectivity index (χ0) is 15.2. The van der Waals surface area contributed by atoms with E-state index in [0.717, 1.165) is 5.69 Å². The van der Waals surface area contributed by atoms with Gasteiger partial charge in [-0.15, -0.1) is 24.0 Å². The van der Waals surface area contributed by atoms with E-state index in [1.54, 1.807) is 27.1 Å². The van der Waals surface area contributed by atoms with Crippen LogP contribution in [0.4, 0.5) is 0 Å². The molecule has 0 atom stereocenters. The Morgan fingerprint density at radius 1 is 1.33 bits per heavy atom. The molecule has 8 heteroatoms. The van der Waals surface area contributed by atoms with E-state index in [-0.39, 0.29) is 30.5 Å². The van der Waals surface area contributed by atoms with Gasteiger partial charge in [-0.2, -0.15) is 0 Å². The van der Waals surface area contributed by atoms with Crippen LogP contribution in [0, 0.1) is 0 Å². The molecule has 1 rings (SSSR count). The number of guanidine groups is 1. The Hall–Kier alpha value is -0.900. The molecule has 1 aromatic rings.